The average Bonchev–Trinajstić information content (AvgIpc) is 2.83. The van der Waals surface area contributed by atoms with Crippen molar-refractivity contribution >= 4 is 34.2 Å². The highest BCUT2D eigenvalue weighted by atomic mass is 32.2. The largest absolute Gasteiger partial charge is 0.755 e. The SMILES string of the molecule is O=C(Nc1ccc(O)c(N(c2ccc(F)cc2)S(=O)[O-])c1)c1ccc(-c2ncccn2)cc1. The number of nitrogens with one attached hydrogen (secondary N) is 1. The molecule has 0 fully saturated rings. The van der Waals surface area contributed by atoms with Crippen LogP contribution in [-0.4, -0.2) is 29.7 Å². The molecule has 4 rings (SSSR count). The van der Waals surface area contributed by atoms with Crippen molar-refractivity contribution in [2.75, 3.05) is 9.62 Å². The first kappa shape index (κ1) is 22.1. The molecule has 33 heavy (non-hydrogen) atoms. The second-order valence-electron chi connectivity index (χ2n) is 6.80. The Morgan fingerprint density at radius 2 is 1.67 bits per heavy atom. The third-order valence-corrected chi connectivity index (χ3v) is 5.34. The van der Waals surface area contributed by atoms with E-state index < -0.39 is 23.0 Å². The quantitative estimate of drug-likeness (QED) is 0.327. The summed E-state index contributed by atoms with van der Waals surface area (Å²) in [4.78, 5) is 21.0. The Kier molecular flexibility index (Phi) is 6.38. The molecule has 1 atom stereocenters. The lowest BCUT2D eigenvalue weighted by Gasteiger charge is -2.27. The van der Waals surface area contributed by atoms with Crippen LogP contribution < -0.4 is 9.62 Å². The van der Waals surface area contributed by atoms with Gasteiger partial charge in [0.1, 0.15) is 11.6 Å². The van der Waals surface area contributed by atoms with Crippen molar-refractivity contribution in [2.24, 2.45) is 0 Å². The van der Waals surface area contributed by atoms with Gasteiger partial charge in [-0.3, -0.25) is 13.3 Å². The Bertz CT molecular complexity index is 1300. The Morgan fingerprint density at radius 1 is 1.00 bits per heavy atom. The number of carbonyl (C=O) groups excluding carboxylic acids is 1. The van der Waals surface area contributed by atoms with Crippen molar-refractivity contribution in [3.63, 3.8) is 0 Å². The minimum absolute atomic E-state index is 0.107. The van der Waals surface area contributed by atoms with Gasteiger partial charge in [0.25, 0.3) is 5.91 Å². The maximum atomic E-state index is 13.2. The van der Waals surface area contributed by atoms with Gasteiger partial charge in [0.05, 0.1) is 22.6 Å². The van der Waals surface area contributed by atoms with Crippen LogP contribution in [0.15, 0.2) is 85.2 Å². The molecule has 0 bridgehead atoms. The monoisotopic (exact) mass is 463 g/mol. The number of hydrogen-bond acceptors (Lipinski definition) is 6. The predicted molar refractivity (Wildman–Crippen MR) is 121 cm³/mol. The molecule has 0 aliphatic heterocycles. The van der Waals surface area contributed by atoms with E-state index in [0.717, 1.165) is 22.0 Å². The summed E-state index contributed by atoms with van der Waals surface area (Å²) in [5.41, 5.74) is 1.35. The highest BCUT2D eigenvalue weighted by Crippen LogP contribution is 2.36. The molecule has 1 amide bonds. The van der Waals surface area contributed by atoms with Gasteiger partial charge in [-0.1, -0.05) is 12.1 Å². The zero-order valence-electron chi connectivity index (χ0n) is 16.9. The van der Waals surface area contributed by atoms with Gasteiger partial charge in [0, 0.05) is 29.2 Å². The van der Waals surface area contributed by atoms with Gasteiger partial charge >= 0.3 is 0 Å². The van der Waals surface area contributed by atoms with Gasteiger partial charge in [-0.25, -0.2) is 14.4 Å². The number of benzene rings is 3. The highest BCUT2D eigenvalue weighted by molar-refractivity contribution is 7.81. The Balaban J connectivity index is 1.58. The van der Waals surface area contributed by atoms with Crippen molar-refractivity contribution < 1.29 is 23.1 Å². The minimum Gasteiger partial charge on any atom is -0.755 e. The molecule has 0 radical (unpaired) electrons. The molecule has 166 valence electrons. The lowest BCUT2D eigenvalue weighted by Crippen LogP contribution is -2.20. The second-order valence-corrected chi connectivity index (χ2v) is 7.59. The first-order valence-electron chi connectivity index (χ1n) is 9.59. The molecular weight excluding hydrogens is 447 g/mol. The van der Waals surface area contributed by atoms with Gasteiger partial charge in [0.15, 0.2) is 5.82 Å². The van der Waals surface area contributed by atoms with Crippen LogP contribution >= 0.6 is 0 Å². The fourth-order valence-corrected chi connectivity index (χ4v) is 3.67. The fraction of sp³-hybridized carbons (Fsp3) is 0. The van der Waals surface area contributed by atoms with Gasteiger partial charge in [0.2, 0.25) is 0 Å². The van der Waals surface area contributed by atoms with Gasteiger partial charge in [-0.15, -0.1) is 0 Å². The number of rotatable bonds is 6. The normalized spacial score (nSPS) is 11.6. The third kappa shape index (κ3) is 5.03. The average molecular weight is 463 g/mol. The first-order valence-corrected chi connectivity index (χ1v) is 10.6. The van der Waals surface area contributed by atoms with Crippen molar-refractivity contribution in [3.8, 4) is 17.1 Å². The third-order valence-electron chi connectivity index (χ3n) is 4.63. The summed E-state index contributed by atoms with van der Waals surface area (Å²) in [5.74, 6) is -0.790. The number of aromatic nitrogens is 2. The van der Waals surface area contributed by atoms with E-state index in [1.165, 1.54) is 30.3 Å². The summed E-state index contributed by atoms with van der Waals surface area (Å²) in [7, 11) is 0. The van der Waals surface area contributed by atoms with Crippen LogP contribution in [0.25, 0.3) is 11.4 Å². The van der Waals surface area contributed by atoms with Gasteiger partial charge in [-0.2, -0.15) is 0 Å². The molecule has 0 aliphatic carbocycles. The number of nitrogens with zero attached hydrogens (tertiary/aromatic N) is 3. The molecule has 1 heterocycles. The zero-order chi connectivity index (χ0) is 23.4. The lowest BCUT2D eigenvalue weighted by atomic mass is 10.1. The zero-order valence-corrected chi connectivity index (χ0v) is 17.7. The summed E-state index contributed by atoms with van der Waals surface area (Å²) < 4.78 is 37.8. The number of halogens is 1. The number of aromatic hydroxyl groups is 1. The standard InChI is InChI=1S/C23H17FN4O4S/c24-17-6-9-19(10-7-17)28(33(31)32)20-14-18(8-11-21(20)29)27-23(30)16-4-2-15(3-5-16)22-25-12-1-13-26-22/h1-14,29H,(H,27,30)(H,31,32)/p-1. The van der Waals surface area contributed by atoms with E-state index in [1.807, 2.05) is 0 Å². The van der Waals surface area contributed by atoms with E-state index in [-0.39, 0.29) is 22.8 Å². The van der Waals surface area contributed by atoms with Crippen LogP contribution in [0.4, 0.5) is 21.5 Å². The van der Waals surface area contributed by atoms with Crippen molar-refractivity contribution in [3.05, 3.63) is 96.6 Å². The van der Waals surface area contributed by atoms with Crippen LogP contribution in [0, 0.1) is 5.82 Å². The number of carbonyl (C=O) groups is 1. The van der Waals surface area contributed by atoms with Crippen molar-refractivity contribution in [1.82, 2.24) is 9.97 Å². The molecule has 10 heteroatoms. The topological polar surface area (TPSA) is 118 Å². The number of amides is 1. The summed E-state index contributed by atoms with van der Waals surface area (Å²) in [6.07, 6.45) is 3.24. The summed E-state index contributed by atoms with van der Waals surface area (Å²) in [6, 6.07) is 17.1. The van der Waals surface area contributed by atoms with E-state index in [9.17, 15) is 23.1 Å². The minimum atomic E-state index is -2.82. The van der Waals surface area contributed by atoms with E-state index >= 15 is 0 Å². The molecule has 0 saturated carbocycles. The van der Waals surface area contributed by atoms with E-state index in [4.69, 9.17) is 0 Å². The Labute approximate surface area is 190 Å². The van der Waals surface area contributed by atoms with Crippen LogP contribution in [0.1, 0.15) is 10.4 Å². The highest BCUT2D eigenvalue weighted by Gasteiger charge is 2.17. The number of hydrogen-bond donors (Lipinski definition) is 2. The van der Waals surface area contributed by atoms with Gasteiger partial charge in [-0.05, 0) is 60.7 Å². The smallest absolute Gasteiger partial charge is 0.255 e. The molecule has 0 saturated heterocycles. The van der Waals surface area contributed by atoms with E-state index in [1.54, 1.807) is 42.7 Å². The maximum Gasteiger partial charge on any atom is 0.255 e. The van der Waals surface area contributed by atoms with Crippen LogP contribution in [0.5, 0.6) is 5.75 Å². The number of phenols is 1. The van der Waals surface area contributed by atoms with Crippen LogP contribution in [-0.2, 0) is 11.3 Å². The molecule has 3 aromatic carbocycles. The second kappa shape index (κ2) is 9.55. The molecule has 0 aliphatic rings. The predicted octanol–water partition coefficient (Wildman–Crippen LogP) is 4.17. The lowest BCUT2D eigenvalue weighted by molar-refractivity contribution is 0.102. The Hall–Kier alpha value is -4.15. The molecule has 1 aromatic heterocycles. The van der Waals surface area contributed by atoms with Crippen LogP contribution in [0.2, 0.25) is 0 Å². The van der Waals surface area contributed by atoms with Crippen molar-refractivity contribution in [2.45, 2.75) is 0 Å². The summed E-state index contributed by atoms with van der Waals surface area (Å²) >= 11 is -2.82. The van der Waals surface area contributed by atoms with Gasteiger partial charge < -0.3 is 15.0 Å². The van der Waals surface area contributed by atoms with Crippen molar-refractivity contribution in [1.29, 1.82) is 0 Å². The molecule has 4 aromatic rings. The maximum absolute atomic E-state index is 13.2. The van der Waals surface area contributed by atoms with Crippen LogP contribution in [0.3, 0.4) is 0 Å². The van der Waals surface area contributed by atoms with E-state index in [0.29, 0.717) is 11.4 Å². The number of anilines is 3. The molecule has 2 N–H and O–H groups in total. The molecule has 1 unspecified atom stereocenters. The molecule has 8 nitrogen and oxygen atoms in total. The van der Waals surface area contributed by atoms with E-state index in [2.05, 4.69) is 15.3 Å². The number of phenolic OH excluding ortho intramolecular Hbond substituents is 1. The molecular formula is C23H16FN4O4S-. The Morgan fingerprint density at radius 3 is 2.30 bits per heavy atom. The summed E-state index contributed by atoms with van der Waals surface area (Å²) in [6.45, 7) is 0. The first-order chi connectivity index (χ1) is 15.9. The molecule has 0 spiro atoms. The fourth-order valence-electron chi connectivity index (χ4n) is 3.07. The summed E-state index contributed by atoms with van der Waals surface area (Å²) in [5, 5.41) is 12.9.